The maximum absolute atomic E-state index is 11.7. The number of carbonyl (C=O) groups is 1. The van der Waals surface area contributed by atoms with Crippen LogP contribution in [0, 0.1) is 26.7 Å². The molecular formula is C17H26O2. The molecule has 0 aromatic heterocycles. The van der Waals surface area contributed by atoms with Crippen molar-refractivity contribution in [2.45, 2.75) is 53.9 Å². The molecule has 1 rings (SSSR count). The fourth-order valence-electron chi connectivity index (χ4n) is 2.42. The zero-order valence-corrected chi connectivity index (χ0v) is 13.1. The summed E-state index contributed by atoms with van der Waals surface area (Å²) in [6.07, 6.45) is 2.59. The molecule has 0 N–H and O–H groups in total. The number of hydrogen-bond donors (Lipinski definition) is 0. The van der Waals surface area contributed by atoms with Gasteiger partial charge in [0, 0.05) is 12.3 Å². The summed E-state index contributed by atoms with van der Waals surface area (Å²) in [6.45, 7) is 10.3. The van der Waals surface area contributed by atoms with E-state index in [1.54, 1.807) is 7.11 Å². The Hall–Kier alpha value is -1.31. The zero-order chi connectivity index (χ0) is 14.6. The lowest BCUT2D eigenvalue weighted by Gasteiger charge is -2.16. The van der Waals surface area contributed by atoms with Crippen molar-refractivity contribution >= 4 is 5.78 Å². The number of hydrogen-bond acceptors (Lipinski definition) is 2. The molecule has 0 radical (unpaired) electrons. The Morgan fingerprint density at radius 3 is 2.37 bits per heavy atom. The highest BCUT2D eigenvalue weighted by molar-refractivity contribution is 5.80. The minimum absolute atomic E-state index is 0.153. The van der Waals surface area contributed by atoms with Crippen LogP contribution in [0.25, 0.3) is 0 Å². The normalized spacial score (nSPS) is 10.9. The molecular weight excluding hydrogens is 236 g/mol. The van der Waals surface area contributed by atoms with Crippen LogP contribution in [0.5, 0.6) is 5.75 Å². The van der Waals surface area contributed by atoms with Gasteiger partial charge >= 0.3 is 0 Å². The molecule has 0 fully saturated rings. The van der Waals surface area contributed by atoms with E-state index in [-0.39, 0.29) is 5.92 Å². The maximum Gasteiger partial charge on any atom is 0.135 e. The second-order valence-corrected chi connectivity index (χ2v) is 5.60. The molecule has 106 valence electrons. The number of methoxy groups -OCH3 is 1. The van der Waals surface area contributed by atoms with E-state index in [2.05, 4.69) is 26.8 Å². The van der Waals surface area contributed by atoms with Crippen molar-refractivity contribution in [1.29, 1.82) is 0 Å². The topological polar surface area (TPSA) is 26.3 Å². The molecule has 0 aliphatic rings. The van der Waals surface area contributed by atoms with Crippen LogP contribution < -0.4 is 4.74 Å². The monoisotopic (exact) mass is 262 g/mol. The lowest BCUT2D eigenvalue weighted by molar-refractivity contribution is -0.121. The van der Waals surface area contributed by atoms with E-state index in [0.29, 0.717) is 12.2 Å². The summed E-state index contributed by atoms with van der Waals surface area (Å²) in [7, 11) is 1.71. The Morgan fingerprint density at radius 2 is 1.84 bits per heavy atom. The molecule has 0 spiro atoms. The average Bonchev–Trinajstić information content (AvgIpc) is 2.37. The van der Waals surface area contributed by atoms with Gasteiger partial charge in [-0.1, -0.05) is 13.8 Å². The van der Waals surface area contributed by atoms with E-state index in [9.17, 15) is 4.79 Å². The molecule has 1 aromatic rings. The molecule has 2 nitrogen and oxygen atoms in total. The van der Waals surface area contributed by atoms with Crippen molar-refractivity contribution in [3.63, 3.8) is 0 Å². The first kappa shape index (κ1) is 15.7. The van der Waals surface area contributed by atoms with Gasteiger partial charge in [-0.15, -0.1) is 0 Å². The zero-order valence-electron chi connectivity index (χ0n) is 13.1. The molecule has 0 heterocycles. The van der Waals surface area contributed by atoms with Gasteiger partial charge in [-0.2, -0.15) is 0 Å². The van der Waals surface area contributed by atoms with Crippen molar-refractivity contribution in [3.8, 4) is 5.75 Å². The molecule has 2 heteroatoms. The van der Waals surface area contributed by atoms with Crippen LogP contribution in [-0.2, 0) is 11.2 Å². The molecule has 0 unspecified atom stereocenters. The predicted octanol–water partition coefficient (Wildman–Crippen LogP) is 4.17. The Kier molecular flexibility index (Phi) is 5.59. The molecule has 0 amide bonds. The Balaban J connectivity index is 2.79. The number of carbonyl (C=O) groups excluding carboxylic acids is 1. The first-order valence-electron chi connectivity index (χ1n) is 7.04. The molecule has 0 atom stereocenters. The summed E-state index contributed by atoms with van der Waals surface area (Å²) in [5.74, 6) is 1.47. The van der Waals surface area contributed by atoms with Crippen LogP contribution in [0.2, 0.25) is 0 Å². The highest BCUT2D eigenvalue weighted by Crippen LogP contribution is 2.28. The van der Waals surface area contributed by atoms with Crippen LogP contribution >= 0.6 is 0 Å². The standard InChI is InChI=1S/C17H26O2/c1-11(2)16(18)9-7-8-15-12(3)10-17(19-6)14(5)13(15)4/h10-11H,7-9H2,1-6H3. The number of ketones is 1. The van der Waals surface area contributed by atoms with Crippen LogP contribution in [0.3, 0.4) is 0 Å². The number of benzene rings is 1. The Morgan fingerprint density at radius 1 is 1.21 bits per heavy atom. The maximum atomic E-state index is 11.7. The van der Waals surface area contributed by atoms with E-state index in [0.717, 1.165) is 18.6 Å². The van der Waals surface area contributed by atoms with Gasteiger partial charge in [0.1, 0.15) is 11.5 Å². The minimum atomic E-state index is 0.153. The lowest BCUT2D eigenvalue weighted by atomic mass is 9.92. The van der Waals surface area contributed by atoms with Gasteiger partial charge in [0.05, 0.1) is 7.11 Å². The van der Waals surface area contributed by atoms with Gasteiger partial charge in [-0.3, -0.25) is 4.79 Å². The smallest absolute Gasteiger partial charge is 0.135 e. The van der Waals surface area contributed by atoms with Crippen LogP contribution in [0.15, 0.2) is 6.07 Å². The van der Waals surface area contributed by atoms with E-state index >= 15 is 0 Å². The summed E-state index contributed by atoms with van der Waals surface area (Å²) in [5.41, 5.74) is 5.14. The fraction of sp³-hybridized carbons (Fsp3) is 0.588. The van der Waals surface area contributed by atoms with E-state index < -0.39 is 0 Å². The lowest BCUT2D eigenvalue weighted by Crippen LogP contribution is -2.07. The molecule has 0 aliphatic carbocycles. The quantitative estimate of drug-likeness (QED) is 0.769. The van der Waals surface area contributed by atoms with Crippen LogP contribution in [-0.4, -0.2) is 12.9 Å². The molecule has 0 bridgehead atoms. The Labute approximate surface area is 117 Å². The third-order valence-electron chi connectivity index (χ3n) is 3.92. The minimum Gasteiger partial charge on any atom is -0.496 e. The summed E-state index contributed by atoms with van der Waals surface area (Å²) < 4.78 is 5.38. The van der Waals surface area contributed by atoms with Crippen molar-refractivity contribution in [2.75, 3.05) is 7.11 Å². The van der Waals surface area contributed by atoms with Crippen molar-refractivity contribution in [1.82, 2.24) is 0 Å². The summed E-state index contributed by atoms with van der Waals surface area (Å²) in [4.78, 5) is 11.7. The predicted molar refractivity (Wildman–Crippen MR) is 80.0 cm³/mol. The van der Waals surface area contributed by atoms with Gasteiger partial charge in [0.15, 0.2) is 0 Å². The third kappa shape index (κ3) is 3.82. The second-order valence-electron chi connectivity index (χ2n) is 5.60. The molecule has 19 heavy (non-hydrogen) atoms. The first-order chi connectivity index (χ1) is 8.88. The first-order valence-corrected chi connectivity index (χ1v) is 7.04. The molecule has 0 saturated carbocycles. The number of Topliss-reactive ketones (excluding diaryl/α,β-unsaturated/α-hetero) is 1. The van der Waals surface area contributed by atoms with Gasteiger partial charge in [-0.05, 0) is 61.9 Å². The van der Waals surface area contributed by atoms with Gasteiger partial charge in [-0.25, -0.2) is 0 Å². The largest absolute Gasteiger partial charge is 0.496 e. The van der Waals surface area contributed by atoms with Crippen molar-refractivity contribution < 1.29 is 9.53 Å². The van der Waals surface area contributed by atoms with Crippen LogP contribution in [0.1, 0.15) is 48.9 Å². The van der Waals surface area contributed by atoms with Crippen LogP contribution in [0.4, 0.5) is 0 Å². The second kappa shape index (κ2) is 6.74. The van der Waals surface area contributed by atoms with Gasteiger partial charge < -0.3 is 4.74 Å². The van der Waals surface area contributed by atoms with Crippen molar-refractivity contribution in [3.05, 3.63) is 28.3 Å². The Bertz CT molecular complexity index is 459. The SMILES string of the molecule is COc1cc(C)c(CCCC(=O)C(C)C)c(C)c1C. The summed E-state index contributed by atoms with van der Waals surface area (Å²) >= 11 is 0. The highest BCUT2D eigenvalue weighted by Gasteiger charge is 2.12. The fourth-order valence-corrected chi connectivity index (χ4v) is 2.42. The summed E-state index contributed by atoms with van der Waals surface area (Å²) in [5, 5.41) is 0. The summed E-state index contributed by atoms with van der Waals surface area (Å²) in [6, 6.07) is 2.10. The number of aryl methyl sites for hydroxylation is 1. The molecule has 0 saturated heterocycles. The highest BCUT2D eigenvalue weighted by atomic mass is 16.5. The van der Waals surface area contributed by atoms with E-state index in [1.165, 1.54) is 22.3 Å². The van der Waals surface area contributed by atoms with Gasteiger partial charge in [0.25, 0.3) is 0 Å². The van der Waals surface area contributed by atoms with Crippen molar-refractivity contribution in [2.24, 2.45) is 5.92 Å². The molecule has 1 aromatic carbocycles. The van der Waals surface area contributed by atoms with Gasteiger partial charge in [0.2, 0.25) is 0 Å². The third-order valence-corrected chi connectivity index (χ3v) is 3.92. The number of rotatable bonds is 6. The van der Waals surface area contributed by atoms with E-state index in [4.69, 9.17) is 4.74 Å². The molecule has 0 aliphatic heterocycles. The number of ether oxygens (including phenoxy) is 1. The van der Waals surface area contributed by atoms with E-state index in [1.807, 2.05) is 13.8 Å². The average molecular weight is 262 g/mol.